The third kappa shape index (κ3) is 4.72. The molecule has 1 fully saturated rings. The van der Waals surface area contributed by atoms with Crippen LogP contribution in [0.5, 0.6) is 0 Å². The number of nitrogens with one attached hydrogen (secondary N) is 1. The van der Waals surface area contributed by atoms with Crippen LogP contribution in [0.4, 0.5) is 20.4 Å². The molecule has 2 aromatic rings. The van der Waals surface area contributed by atoms with E-state index in [9.17, 15) is 13.6 Å². The van der Waals surface area contributed by atoms with Gasteiger partial charge in [0.25, 0.3) is 11.7 Å². The third-order valence-electron chi connectivity index (χ3n) is 4.14. The Morgan fingerprint density at radius 3 is 2.44 bits per heavy atom. The maximum Gasteiger partial charge on any atom is 0.288 e. The number of carbonyl (C=O) groups excluding carboxylic acids is 1. The maximum absolute atomic E-state index is 12.7. The zero-order valence-electron chi connectivity index (χ0n) is 15.0. The Balaban J connectivity index is 1.82. The van der Waals surface area contributed by atoms with Crippen molar-refractivity contribution in [1.29, 1.82) is 0 Å². The van der Waals surface area contributed by atoms with Crippen LogP contribution in [0.15, 0.2) is 29.2 Å². The molecule has 0 spiro atoms. The largest absolute Gasteiger partial charge is 0.378 e. The Bertz CT molecular complexity index is 806. The summed E-state index contributed by atoms with van der Waals surface area (Å²) in [7, 11) is 0. The van der Waals surface area contributed by atoms with E-state index in [0.29, 0.717) is 61.1 Å². The fraction of sp³-hybridized carbons (Fsp3) is 0.389. The molecule has 1 saturated heterocycles. The Hall–Kier alpha value is -2.26. The van der Waals surface area contributed by atoms with Gasteiger partial charge in [0, 0.05) is 18.0 Å². The van der Waals surface area contributed by atoms with Gasteiger partial charge in [0.2, 0.25) is 5.95 Å². The van der Waals surface area contributed by atoms with E-state index in [-0.39, 0.29) is 10.5 Å². The summed E-state index contributed by atoms with van der Waals surface area (Å²) in [5, 5.41) is 2.77. The maximum atomic E-state index is 12.7. The number of ether oxygens (including phenoxy) is 1. The van der Waals surface area contributed by atoms with E-state index in [2.05, 4.69) is 15.3 Å². The lowest BCUT2D eigenvalue weighted by atomic mass is 10.2. The minimum atomic E-state index is -2.60. The summed E-state index contributed by atoms with van der Waals surface area (Å²) in [6, 6.07) is 6.29. The van der Waals surface area contributed by atoms with Gasteiger partial charge in [-0.2, -0.15) is 8.78 Å². The van der Waals surface area contributed by atoms with E-state index in [1.807, 2.05) is 4.90 Å². The van der Waals surface area contributed by atoms with Gasteiger partial charge in [0.1, 0.15) is 0 Å². The predicted octanol–water partition coefficient (Wildman–Crippen LogP) is 3.50. The van der Waals surface area contributed by atoms with Crippen LogP contribution in [-0.2, 0) is 4.74 Å². The van der Waals surface area contributed by atoms with Crippen molar-refractivity contribution in [2.75, 3.05) is 36.5 Å². The number of hydrogen-bond donors (Lipinski definition) is 1. The highest BCUT2D eigenvalue weighted by Gasteiger charge is 2.20. The molecule has 0 saturated carbocycles. The molecule has 1 amide bonds. The molecular weight excluding hydrogens is 374 g/mol. The summed E-state index contributed by atoms with van der Waals surface area (Å²) in [4.78, 5) is 23.9. The van der Waals surface area contributed by atoms with Crippen molar-refractivity contribution in [1.82, 2.24) is 9.97 Å². The molecule has 1 N–H and O–H groups in total. The first-order valence-corrected chi connectivity index (χ1v) is 9.37. The smallest absolute Gasteiger partial charge is 0.288 e. The van der Waals surface area contributed by atoms with Crippen molar-refractivity contribution >= 4 is 29.3 Å². The lowest BCUT2D eigenvalue weighted by molar-refractivity contribution is 0.102. The lowest BCUT2D eigenvalue weighted by Gasteiger charge is -2.27. The van der Waals surface area contributed by atoms with Crippen molar-refractivity contribution in [3.05, 3.63) is 41.2 Å². The normalized spacial score (nSPS) is 14.5. The number of nitrogens with zero attached hydrogens (tertiary/aromatic N) is 3. The average Bonchev–Trinajstić information content (AvgIpc) is 2.65. The van der Waals surface area contributed by atoms with Crippen molar-refractivity contribution in [2.45, 2.75) is 24.5 Å². The molecule has 27 heavy (non-hydrogen) atoms. The summed E-state index contributed by atoms with van der Waals surface area (Å²) < 4.78 is 30.8. The lowest BCUT2D eigenvalue weighted by Crippen LogP contribution is -2.37. The number of hydrogen-bond acceptors (Lipinski definition) is 6. The third-order valence-corrected chi connectivity index (χ3v) is 4.93. The number of thioether (sulfide) groups is 1. The number of aromatic nitrogens is 2. The molecule has 0 unspecified atom stereocenters. The Labute approximate surface area is 160 Å². The van der Waals surface area contributed by atoms with Gasteiger partial charge >= 0.3 is 0 Å². The van der Waals surface area contributed by atoms with Crippen molar-refractivity contribution in [3.8, 4) is 0 Å². The highest BCUT2D eigenvalue weighted by atomic mass is 32.2. The number of anilines is 2. The second-order valence-electron chi connectivity index (χ2n) is 6.00. The number of aryl methyl sites for hydroxylation is 2. The van der Waals surface area contributed by atoms with Gasteiger partial charge in [-0.15, -0.1) is 0 Å². The van der Waals surface area contributed by atoms with E-state index in [0.717, 1.165) is 0 Å². The second-order valence-corrected chi connectivity index (χ2v) is 7.03. The van der Waals surface area contributed by atoms with Crippen LogP contribution in [0.25, 0.3) is 0 Å². The van der Waals surface area contributed by atoms with Crippen LogP contribution in [0, 0.1) is 13.8 Å². The topological polar surface area (TPSA) is 67.3 Å². The van der Waals surface area contributed by atoms with Gasteiger partial charge in [-0.05, 0) is 26.0 Å². The van der Waals surface area contributed by atoms with E-state index in [1.54, 1.807) is 26.0 Å². The molecular formula is C18H20F2N4O2S. The van der Waals surface area contributed by atoms with Gasteiger partial charge in [-0.1, -0.05) is 23.9 Å². The second kappa shape index (κ2) is 8.62. The first kappa shape index (κ1) is 19.5. The molecule has 9 heteroatoms. The van der Waals surface area contributed by atoms with E-state index >= 15 is 0 Å². The molecule has 0 bridgehead atoms. The quantitative estimate of drug-likeness (QED) is 0.783. The average molecular weight is 394 g/mol. The van der Waals surface area contributed by atoms with Gasteiger partial charge in [0.05, 0.1) is 35.9 Å². The number of halogens is 2. The van der Waals surface area contributed by atoms with Gasteiger partial charge in [-0.25, -0.2) is 9.97 Å². The molecule has 6 nitrogen and oxygen atoms in total. The molecule has 1 aliphatic heterocycles. The van der Waals surface area contributed by atoms with E-state index < -0.39 is 11.7 Å². The molecule has 2 heterocycles. The van der Waals surface area contributed by atoms with Crippen LogP contribution in [-0.4, -0.2) is 47.9 Å². The molecule has 144 valence electrons. The molecule has 0 atom stereocenters. The molecule has 1 aromatic heterocycles. The first-order valence-electron chi connectivity index (χ1n) is 8.49. The van der Waals surface area contributed by atoms with Crippen molar-refractivity contribution in [2.24, 2.45) is 0 Å². The standard InChI is InChI=1S/C18H20F2N4O2S/c1-11-15(12(2)22-18(21-11)24-7-9-26-10-8-24)23-16(25)13-5-3-4-6-14(13)27-17(19)20/h3-6,17H,7-10H2,1-2H3,(H,23,25). The van der Waals surface area contributed by atoms with E-state index in [4.69, 9.17) is 4.74 Å². The van der Waals surface area contributed by atoms with Crippen molar-refractivity contribution < 1.29 is 18.3 Å². The molecule has 1 aliphatic rings. The molecule has 0 aliphatic carbocycles. The number of alkyl halides is 2. The summed E-state index contributed by atoms with van der Waals surface area (Å²) in [5.74, 6) is -2.47. The van der Waals surface area contributed by atoms with Gasteiger partial charge in [-0.3, -0.25) is 4.79 Å². The highest BCUT2D eigenvalue weighted by Crippen LogP contribution is 2.29. The number of rotatable bonds is 5. The minimum Gasteiger partial charge on any atom is -0.378 e. The molecule has 0 radical (unpaired) electrons. The molecule has 1 aromatic carbocycles. The number of morpholine rings is 1. The fourth-order valence-electron chi connectivity index (χ4n) is 2.82. The Morgan fingerprint density at radius 2 is 1.81 bits per heavy atom. The summed E-state index contributed by atoms with van der Waals surface area (Å²) in [6.45, 7) is 6.24. The van der Waals surface area contributed by atoms with Crippen LogP contribution < -0.4 is 10.2 Å². The number of benzene rings is 1. The SMILES string of the molecule is Cc1nc(N2CCOCC2)nc(C)c1NC(=O)c1ccccc1SC(F)F. The first-order chi connectivity index (χ1) is 13.0. The summed E-state index contributed by atoms with van der Waals surface area (Å²) in [5.41, 5.74) is 1.93. The highest BCUT2D eigenvalue weighted by molar-refractivity contribution is 7.99. The zero-order valence-corrected chi connectivity index (χ0v) is 15.9. The van der Waals surface area contributed by atoms with Crippen LogP contribution in [0.3, 0.4) is 0 Å². The van der Waals surface area contributed by atoms with Gasteiger partial charge in [0.15, 0.2) is 0 Å². The Morgan fingerprint density at radius 1 is 1.19 bits per heavy atom. The number of amides is 1. The molecule has 3 rings (SSSR count). The van der Waals surface area contributed by atoms with Crippen molar-refractivity contribution in [3.63, 3.8) is 0 Å². The van der Waals surface area contributed by atoms with Gasteiger partial charge < -0.3 is 15.0 Å². The summed E-state index contributed by atoms with van der Waals surface area (Å²) >= 11 is 0.350. The predicted molar refractivity (Wildman–Crippen MR) is 101 cm³/mol. The Kier molecular flexibility index (Phi) is 6.22. The van der Waals surface area contributed by atoms with E-state index in [1.165, 1.54) is 12.1 Å². The minimum absolute atomic E-state index is 0.193. The zero-order chi connectivity index (χ0) is 19.4. The van der Waals surface area contributed by atoms with Crippen LogP contribution >= 0.6 is 11.8 Å². The van der Waals surface area contributed by atoms with Crippen LogP contribution in [0.2, 0.25) is 0 Å². The monoisotopic (exact) mass is 394 g/mol. The summed E-state index contributed by atoms with van der Waals surface area (Å²) in [6.07, 6.45) is 0. The fourth-order valence-corrected chi connectivity index (χ4v) is 3.45. The number of carbonyl (C=O) groups is 1. The van der Waals surface area contributed by atoms with Crippen LogP contribution in [0.1, 0.15) is 21.7 Å².